The minimum absolute atomic E-state index is 0.710. The van der Waals surface area contributed by atoms with E-state index in [-0.39, 0.29) is 0 Å². The molecule has 92 valence electrons. The maximum atomic E-state index is 3.69. The summed E-state index contributed by atoms with van der Waals surface area (Å²) in [4.78, 5) is 2.61. The molecule has 17 heavy (non-hydrogen) atoms. The standard InChI is InChI=1S/C14H19BrN2/c1-2-11-12-4-3-10-9-16-7-8-17(10)14(12)6-5-13(11)15/h5-6,10,16H,2-4,7-9H2,1H3. The van der Waals surface area contributed by atoms with Gasteiger partial charge in [0.2, 0.25) is 0 Å². The monoisotopic (exact) mass is 294 g/mol. The van der Waals surface area contributed by atoms with Crippen LogP contribution in [0, 0.1) is 0 Å². The Balaban J connectivity index is 2.05. The quantitative estimate of drug-likeness (QED) is 0.857. The molecular formula is C14H19BrN2. The highest BCUT2D eigenvalue weighted by atomic mass is 79.9. The third kappa shape index (κ3) is 1.89. The lowest BCUT2D eigenvalue weighted by molar-refractivity contribution is 0.439. The molecule has 1 N–H and O–H groups in total. The van der Waals surface area contributed by atoms with Crippen LogP contribution in [0.25, 0.3) is 0 Å². The van der Waals surface area contributed by atoms with E-state index in [1.165, 1.54) is 28.6 Å². The summed E-state index contributed by atoms with van der Waals surface area (Å²) in [5.41, 5.74) is 4.59. The zero-order valence-electron chi connectivity index (χ0n) is 10.3. The van der Waals surface area contributed by atoms with Gasteiger partial charge in [-0.3, -0.25) is 0 Å². The summed E-state index contributed by atoms with van der Waals surface area (Å²) in [7, 11) is 0. The van der Waals surface area contributed by atoms with Gasteiger partial charge in [-0.15, -0.1) is 0 Å². The van der Waals surface area contributed by atoms with E-state index in [0.29, 0.717) is 6.04 Å². The van der Waals surface area contributed by atoms with Gasteiger partial charge >= 0.3 is 0 Å². The molecule has 0 bridgehead atoms. The lowest BCUT2D eigenvalue weighted by Gasteiger charge is -2.43. The number of hydrogen-bond donors (Lipinski definition) is 1. The van der Waals surface area contributed by atoms with Gasteiger partial charge in [0, 0.05) is 35.8 Å². The molecule has 0 saturated carbocycles. The second-order valence-corrected chi connectivity index (χ2v) is 5.82. The average Bonchev–Trinajstić information content (AvgIpc) is 2.38. The number of piperazine rings is 1. The molecule has 0 aliphatic carbocycles. The number of hydrogen-bond acceptors (Lipinski definition) is 2. The Bertz CT molecular complexity index is 430. The highest BCUT2D eigenvalue weighted by Crippen LogP contribution is 2.36. The zero-order valence-corrected chi connectivity index (χ0v) is 11.9. The van der Waals surface area contributed by atoms with Gasteiger partial charge in [-0.05, 0) is 42.5 Å². The van der Waals surface area contributed by atoms with Gasteiger partial charge in [0.1, 0.15) is 0 Å². The molecule has 2 aliphatic rings. The van der Waals surface area contributed by atoms with E-state index in [0.717, 1.165) is 26.1 Å². The second-order valence-electron chi connectivity index (χ2n) is 4.97. The van der Waals surface area contributed by atoms with Gasteiger partial charge < -0.3 is 10.2 Å². The Morgan fingerprint density at radius 1 is 1.47 bits per heavy atom. The van der Waals surface area contributed by atoms with E-state index in [1.54, 1.807) is 5.56 Å². The Morgan fingerprint density at radius 3 is 3.18 bits per heavy atom. The van der Waals surface area contributed by atoms with Crippen molar-refractivity contribution < 1.29 is 0 Å². The molecule has 0 amide bonds. The summed E-state index contributed by atoms with van der Waals surface area (Å²) >= 11 is 3.69. The number of halogens is 1. The molecule has 0 aromatic heterocycles. The summed E-state index contributed by atoms with van der Waals surface area (Å²) in [6.07, 6.45) is 3.66. The number of anilines is 1. The summed E-state index contributed by atoms with van der Waals surface area (Å²) in [6, 6.07) is 5.24. The first kappa shape index (κ1) is 11.5. The Labute approximate surface area is 112 Å². The maximum Gasteiger partial charge on any atom is 0.0418 e. The van der Waals surface area contributed by atoms with E-state index in [2.05, 4.69) is 45.2 Å². The predicted molar refractivity (Wildman–Crippen MR) is 75.8 cm³/mol. The largest absolute Gasteiger partial charge is 0.366 e. The Kier molecular flexibility index (Phi) is 3.14. The number of benzene rings is 1. The van der Waals surface area contributed by atoms with Crippen molar-refractivity contribution in [3.8, 4) is 0 Å². The molecule has 2 aliphatic heterocycles. The summed E-state index contributed by atoms with van der Waals surface area (Å²) < 4.78 is 1.28. The van der Waals surface area contributed by atoms with Crippen molar-refractivity contribution in [2.75, 3.05) is 24.5 Å². The van der Waals surface area contributed by atoms with Crippen LogP contribution in [0.3, 0.4) is 0 Å². The third-order valence-electron chi connectivity index (χ3n) is 4.09. The van der Waals surface area contributed by atoms with Crippen LogP contribution in [-0.4, -0.2) is 25.7 Å². The molecule has 1 fully saturated rings. The van der Waals surface area contributed by atoms with Crippen molar-refractivity contribution in [2.24, 2.45) is 0 Å². The summed E-state index contributed by atoms with van der Waals surface area (Å²) in [5, 5.41) is 3.50. The molecule has 2 nitrogen and oxygen atoms in total. The third-order valence-corrected chi connectivity index (χ3v) is 4.83. The molecule has 1 aromatic rings. The molecule has 1 unspecified atom stereocenters. The predicted octanol–water partition coefficient (Wildman–Crippen LogP) is 2.74. The first-order chi connectivity index (χ1) is 8.31. The van der Waals surface area contributed by atoms with Crippen LogP contribution in [0.5, 0.6) is 0 Å². The second kappa shape index (κ2) is 4.62. The SMILES string of the molecule is CCc1c(Br)ccc2c1CCC1CNCCN21. The number of nitrogens with zero attached hydrogens (tertiary/aromatic N) is 1. The fourth-order valence-corrected chi connectivity index (χ4v) is 3.88. The maximum absolute atomic E-state index is 3.69. The van der Waals surface area contributed by atoms with E-state index in [1.807, 2.05) is 0 Å². The van der Waals surface area contributed by atoms with Gasteiger partial charge in [-0.25, -0.2) is 0 Å². The van der Waals surface area contributed by atoms with Crippen molar-refractivity contribution in [3.63, 3.8) is 0 Å². The summed E-state index contributed by atoms with van der Waals surface area (Å²) in [6.45, 7) is 5.68. The van der Waals surface area contributed by atoms with Crippen molar-refractivity contribution in [1.29, 1.82) is 0 Å². The average molecular weight is 295 g/mol. The van der Waals surface area contributed by atoms with E-state index >= 15 is 0 Å². The molecule has 3 heteroatoms. The zero-order chi connectivity index (χ0) is 11.8. The molecular weight excluding hydrogens is 276 g/mol. The molecule has 1 saturated heterocycles. The van der Waals surface area contributed by atoms with Crippen molar-refractivity contribution in [1.82, 2.24) is 5.32 Å². The van der Waals surface area contributed by atoms with Gasteiger partial charge in [0.15, 0.2) is 0 Å². The molecule has 0 radical (unpaired) electrons. The molecule has 3 rings (SSSR count). The van der Waals surface area contributed by atoms with E-state index < -0.39 is 0 Å². The highest BCUT2D eigenvalue weighted by molar-refractivity contribution is 9.10. The fraction of sp³-hybridized carbons (Fsp3) is 0.571. The van der Waals surface area contributed by atoms with Crippen LogP contribution in [0.1, 0.15) is 24.5 Å². The van der Waals surface area contributed by atoms with Gasteiger partial charge in [0.05, 0.1) is 0 Å². The molecule has 0 spiro atoms. The highest BCUT2D eigenvalue weighted by Gasteiger charge is 2.29. The van der Waals surface area contributed by atoms with Gasteiger partial charge in [0.25, 0.3) is 0 Å². The van der Waals surface area contributed by atoms with Crippen LogP contribution in [0.4, 0.5) is 5.69 Å². The number of rotatable bonds is 1. The Morgan fingerprint density at radius 2 is 2.35 bits per heavy atom. The number of fused-ring (bicyclic) bond motifs is 3. The van der Waals surface area contributed by atoms with Crippen LogP contribution >= 0.6 is 15.9 Å². The van der Waals surface area contributed by atoms with Gasteiger partial charge in [-0.2, -0.15) is 0 Å². The van der Waals surface area contributed by atoms with Crippen LogP contribution < -0.4 is 10.2 Å². The topological polar surface area (TPSA) is 15.3 Å². The van der Waals surface area contributed by atoms with Crippen molar-refractivity contribution in [2.45, 2.75) is 32.2 Å². The smallest absolute Gasteiger partial charge is 0.0418 e. The first-order valence-electron chi connectivity index (χ1n) is 6.59. The molecule has 1 aromatic carbocycles. The van der Waals surface area contributed by atoms with Crippen LogP contribution in [0.2, 0.25) is 0 Å². The summed E-state index contributed by atoms with van der Waals surface area (Å²) in [5.74, 6) is 0. The lowest BCUT2D eigenvalue weighted by atomic mass is 9.90. The molecule has 1 atom stereocenters. The van der Waals surface area contributed by atoms with Crippen molar-refractivity contribution >= 4 is 21.6 Å². The van der Waals surface area contributed by atoms with Crippen LogP contribution in [-0.2, 0) is 12.8 Å². The minimum Gasteiger partial charge on any atom is -0.366 e. The number of nitrogens with one attached hydrogen (secondary N) is 1. The first-order valence-corrected chi connectivity index (χ1v) is 7.38. The Hall–Kier alpha value is -0.540. The van der Waals surface area contributed by atoms with E-state index in [9.17, 15) is 0 Å². The fourth-order valence-electron chi connectivity index (χ4n) is 3.23. The van der Waals surface area contributed by atoms with E-state index in [4.69, 9.17) is 0 Å². The lowest BCUT2D eigenvalue weighted by Crippen LogP contribution is -2.53. The normalized spacial score (nSPS) is 23.2. The van der Waals surface area contributed by atoms with Crippen LogP contribution in [0.15, 0.2) is 16.6 Å². The molecule has 2 heterocycles. The van der Waals surface area contributed by atoms with Gasteiger partial charge in [-0.1, -0.05) is 22.9 Å². The minimum atomic E-state index is 0.710. The van der Waals surface area contributed by atoms with Crippen molar-refractivity contribution in [3.05, 3.63) is 27.7 Å².